The van der Waals surface area contributed by atoms with Crippen LogP contribution >= 0.6 is 0 Å². The van der Waals surface area contributed by atoms with E-state index in [4.69, 9.17) is 9.47 Å². The molecule has 3 rings (SSSR count). The first-order valence-electron chi connectivity index (χ1n) is 10.8. The molecular weight excluding hydrogens is 442 g/mol. The van der Waals surface area contributed by atoms with Crippen LogP contribution in [0.1, 0.15) is 36.1 Å². The zero-order chi connectivity index (χ0) is 24.7. The lowest BCUT2D eigenvalue weighted by Gasteiger charge is -2.22. The van der Waals surface area contributed by atoms with Gasteiger partial charge in [0.2, 0.25) is 0 Å². The second kappa shape index (κ2) is 10.9. The highest BCUT2D eigenvalue weighted by Gasteiger charge is 2.31. The first-order valence-corrected chi connectivity index (χ1v) is 10.8. The normalized spacial score (nSPS) is 11.2. The van der Waals surface area contributed by atoms with Gasteiger partial charge in [-0.05, 0) is 37.5 Å². The van der Waals surface area contributed by atoms with Gasteiger partial charge in [-0.2, -0.15) is 0 Å². The van der Waals surface area contributed by atoms with E-state index in [1.54, 1.807) is 48.5 Å². The topological polar surface area (TPSA) is 72.8 Å². The monoisotopic (exact) mass is 468 g/mol. The summed E-state index contributed by atoms with van der Waals surface area (Å²) in [5.41, 5.74) is -0.217. The van der Waals surface area contributed by atoms with Gasteiger partial charge in [-0.15, -0.1) is 0 Å². The fraction of sp³-hybridized carbons (Fsp3) is 0.259. The molecule has 0 aliphatic carbocycles. The van der Waals surface area contributed by atoms with E-state index >= 15 is 4.39 Å². The molecule has 0 bridgehead atoms. The van der Waals surface area contributed by atoms with Crippen LogP contribution in [0.2, 0.25) is 0 Å². The van der Waals surface area contributed by atoms with E-state index in [0.717, 1.165) is 17.2 Å². The number of hydrogen-bond donors (Lipinski definition) is 1. The van der Waals surface area contributed by atoms with Crippen molar-refractivity contribution in [1.29, 1.82) is 0 Å². The number of carbonyl (C=O) groups is 2. The second-order valence-corrected chi connectivity index (χ2v) is 8.60. The Bertz CT molecular complexity index is 1140. The molecule has 5 nitrogen and oxygen atoms in total. The minimum absolute atomic E-state index is 0.0121. The number of aliphatic carboxylic acids is 1. The number of rotatable bonds is 10. The SMILES string of the molecule is CC(C)(Cc1cc(F)c(CC(=O)OCc2ccccc2)c(F)c1OCc1ccccc1)C(=O)O. The molecular formula is C27H26F2O5. The van der Waals surface area contributed by atoms with Crippen LogP contribution in [0.25, 0.3) is 0 Å². The van der Waals surface area contributed by atoms with E-state index in [0.29, 0.717) is 0 Å². The summed E-state index contributed by atoms with van der Waals surface area (Å²) >= 11 is 0. The van der Waals surface area contributed by atoms with Crippen molar-refractivity contribution in [3.63, 3.8) is 0 Å². The Balaban J connectivity index is 1.87. The molecule has 3 aromatic carbocycles. The highest BCUT2D eigenvalue weighted by molar-refractivity contribution is 5.75. The smallest absolute Gasteiger partial charge is 0.310 e. The van der Waals surface area contributed by atoms with Crippen molar-refractivity contribution >= 4 is 11.9 Å². The molecule has 0 unspecified atom stereocenters. The van der Waals surface area contributed by atoms with E-state index in [1.165, 1.54) is 13.8 Å². The third-order valence-corrected chi connectivity index (χ3v) is 5.35. The van der Waals surface area contributed by atoms with Gasteiger partial charge < -0.3 is 14.6 Å². The molecule has 0 atom stereocenters. The van der Waals surface area contributed by atoms with Crippen LogP contribution in [0.4, 0.5) is 8.78 Å². The first-order chi connectivity index (χ1) is 16.2. The average molecular weight is 468 g/mol. The lowest BCUT2D eigenvalue weighted by Crippen LogP contribution is -2.27. The van der Waals surface area contributed by atoms with E-state index < -0.39 is 41.0 Å². The van der Waals surface area contributed by atoms with Gasteiger partial charge in [0.05, 0.1) is 11.8 Å². The van der Waals surface area contributed by atoms with Crippen LogP contribution in [0, 0.1) is 17.0 Å². The Morgan fingerprint density at radius 3 is 2.03 bits per heavy atom. The van der Waals surface area contributed by atoms with Crippen LogP contribution in [0.3, 0.4) is 0 Å². The molecule has 0 heterocycles. The van der Waals surface area contributed by atoms with Gasteiger partial charge in [0.25, 0.3) is 0 Å². The fourth-order valence-electron chi connectivity index (χ4n) is 3.35. The third-order valence-electron chi connectivity index (χ3n) is 5.35. The number of hydrogen-bond acceptors (Lipinski definition) is 4. The van der Waals surface area contributed by atoms with Gasteiger partial charge in [0.1, 0.15) is 19.0 Å². The van der Waals surface area contributed by atoms with Crippen LogP contribution in [0.15, 0.2) is 66.7 Å². The molecule has 0 aliphatic heterocycles. The summed E-state index contributed by atoms with van der Waals surface area (Å²) in [4.78, 5) is 23.9. The van der Waals surface area contributed by atoms with E-state index in [-0.39, 0.29) is 30.9 Å². The fourth-order valence-corrected chi connectivity index (χ4v) is 3.35. The second-order valence-electron chi connectivity index (χ2n) is 8.60. The number of benzene rings is 3. The van der Waals surface area contributed by atoms with E-state index in [9.17, 15) is 19.1 Å². The number of ether oxygens (including phenoxy) is 2. The van der Waals surface area contributed by atoms with E-state index in [2.05, 4.69) is 0 Å². The largest absolute Gasteiger partial charge is 0.486 e. The van der Waals surface area contributed by atoms with Crippen molar-refractivity contribution in [1.82, 2.24) is 0 Å². The molecule has 7 heteroatoms. The predicted octanol–water partition coefficient (Wildman–Crippen LogP) is 5.48. The molecule has 1 N–H and O–H groups in total. The highest BCUT2D eigenvalue weighted by Crippen LogP contribution is 2.34. The Kier molecular flexibility index (Phi) is 7.99. The van der Waals surface area contributed by atoms with Crippen molar-refractivity contribution in [2.24, 2.45) is 5.41 Å². The zero-order valence-electron chi connectivity index (χ0n) is 19.0. The predicted molar refractivity (Wildman–Crippen MR) is 122 cm³/mol. The maximum atomic E-state index is 15.5. The summed E-state index contributed by atoms with van der Waals surface area (Å²) in [7, 11) is 0. The summed E-state index contributed by atoms with van der Waals surface area (Å²) < 4.78 is 41.2. The van der Waals surface area contributed by atoms with Gasteiger partial charge in [0, 0.05) is 11.1 Å². The van der Waals surface area contributed by atoms with Gasteiger partial charge >= 0.3 is 11.9 Å². The van der Waals surface area contributed by atoms with Crippen LogP contribution in [-0.2, 0) is 40.4 Å². The Morgan fingerprint density at radius 1 is 0.912 bits per heavy atom. The lowest BCUT2D eigenvalue weighted by molar-refractivity contribution is -0.147. The molecule has 3 aromatic rings. The quantitative estimate of drug-likeness (QED) is 0.399. The van der Waals surface area contributed by atoms with Crippen molar-refractivity contribution in [2.75, 3.05) is 0 Å². The van der Waals surface area contributed by atoms with Gasteiger partial charge in [-0.25, -0.2) is 8.78 Å². The molecule has 0 saturated heterocycles. The van der Waals surface area contributed by atoms with Gasteiger partial charge in [-0.3, -0.25) is 9.59 Å². The molecule has 0 spiro atoms. The highest BCUT2D eigenvalue weighted by atomic mass is 19.1. The molecule has 178 valence electrons. The maximum absolute atomic E-state index is 15.5. The molecule has 0 fully saturated rings. The summed E-state index contributed by atoms with van der Waals surface area (Å²) in [6, 6.07) is 18.9. The Morgan fingerprint density at radius 2 is 1.47 bits per heavy atom. The van der Waals surface area contributed by atoms with Crippen LogP contribution < -0.4 is 4.74 Å². The Hall–Kier alpha value is -3.74. The summed E-state index contributed by atoms with van der Waals surface area (Å²) in [6.07, 6.45) is -0.798. The van der Waals surface area contributed by atoms with Crippen LogP contribution in [-0.4, -0.2) is 17.0 Å². The molecule has 0 saturated carbocycles. The maximum Gasteiger partial charge on any atom is 0.310 e. The first kappa shape index (κ1) is 24.9. The van der Waals surface area contributed by atoms with E-state index in [1.807, 2.05) is 12.1 Å². The van der Waals surface area contributed by atoms with Crippen molar-refractivity contribution in [3.05, 3.63) is 101 Å². The summed E-state index contributed by atoms with van der Waals surface area (Å²) in [5.74, 6) is -4.18. The number of carbonyl (C=O) groups excluding carboxylic acids is 1. The minimum atomic E-state index is -1.29. The minimum Gasteiger partial charge on any atom is -0.486 e. The van der Waals surface area contributed by atoms with Crippen molar-refractivity contribution in [3.8, 4) is 5.75 Å². The van der Waals surface area contributed by atoms with Gasteiger partial charge in [0.15, 0.2) is 11.6 Å². The number of carboxylic acid groups (broad SMARTS) is 1. The average Bonchev–Trinajstić information content (AvgIpc) is 2.81. The number of carboxylic acids is 1. The number of esters is 1. The standard InChI is InChI=1S/C27H26F2O5/c1-27(2,26(31)32)15-20-13-22(28)21(14-23(30)33-16-18-9-5-3-6-10-18)24(29)25(20)34-17-19-11-7-4-8-12-19/h3-13H,14-17H2,1-2H3,(H,31,32). The lowest BCUT2D eigenvalue weighted by atomic mass is 9.85. The Labute approximate surface area is 197 Å². The molecule has 0 aromatic heterocycles. The zero-order valence-corrected chi connectivity index (χ0v) is 19.0. The molecule has 0 amide bonds. The third kappa shape index (κ3) is 6.41. The molecule has 0 radical (unpaired) electrons. The molecule has 34 heavy (non-hydrogen) atoms. The van der Waals surface area contributed by atoms with Crippen LogP contribution in [0.5, 0.6) is 5.75 Å². The molecule has 0 aliphatic rings. The van der Waals surface area contributed by atoms with Gasteiger partial charge in [-0.1, -0.05) is 60.7 Å². The van der Waals surface area contributed by atoms with Crippen molar-refractivity contribution < 1.29 is 33.0 Å². The van der Waals surface area contributed by atoms with Crippen molar-refractivity contribution in [2.45, 2.75) is 39.9 Å². The summed E-state index contributed by atoms with van der Waals surface area (Å²) in [6.45, 7) is 2.88. The number of halogens is 2. The summed E-state index contributed by atoms with van der Waals surface area (Å²) in [5, 5.41) is 9.48.